The first-order chi connectivity index (χ1) is 9.93. The zero-order valence-corrected chi connectivity index (χ0v) is 12.6. The molecular weight excluding hydrogens is 270 g/mol. The fourth-order valence-electron chi connectivity index (χ4n) is 3.38. The van der Waals surface area contributed by atoms with Gasteiger partial charge in [-0.1, -0.05) is 0 Å². The molecule has 21 heavy (non-hydrogen) atoms. The van der Waals surface area contributed by atoms with Crippen LogP contribution in [0.25, 0.3) is 0 Å². The maximum Gasteiger partial charge on any atom is 0.147 e. The maximum absolute atomic E-state index is 10.5. The van der Waals surface area contributed by atoms with E-state index in [-0.39, 0.29) is 0 Å². The molecule has 2 atom stereocenters. The topological polar surface area (TPSA) is 78.7 Å². The summed E-state index contributed by atoms with van der Waals surface area (Å²) in [5, 5.41) is 20.8. The highest BCUT2D eigenvalue weighted by atomic mass is 16.5. The number of aromatic nitrogens is 2. The molecule has 0 unspecified atom stereocenters. The van der Waals surface area contributed by atoms with E-state index in [0.717, 1.165) is 24.6 Å². The van der Waals surface area contributed by atoms with Crippen LogP contribution in [0.3, 0.4) is 0 Å². The highest BCUT2D eigenvalue weighted by Gasteiger charge is 2.52. The van der Waals surface area contributed by atoms with E-state index >= 15 is 0 Å². The Morgan fingerprint density at radius 1 is 1.29 bits per heavy atom. The number of hydrogen-bond donors (Lipinski definition) is 2. The zero-order valence-electron chi connectivity index (χ0n) is 12.6. The molecule has 0 saturated carbocycles. The minimum atomic E-state index is -1.07. The van der Waals surface area contributed by atoms with Crippen molar-refractivity contribution in [1.82, 2.24) is 9.97 Å². The molecule has 0 bridgehead atoms. The van der Waals surface area contributed by atoms with Gasteiger partial charge < -0.3 is 19.8 Å². The van der Waals surface area contributed by atoms with Gasteiger partial charge in [0.2, 0.25) is 0 Å². The Kier molecular flexibility index (Phi) is 3.63. The van der Waals surface area contributed by atoms with E-state index in [0.29, 0.717) is 25.9 Å². The monoisotopic (exact) mass is 293 g/mol. The van der Waals surface area contributed by atoms with Crippen molar-refractivity contribution in [2.24, 2.45) is 0 Å². The molecule has 0 aromatic carbocycles. The Labute approximate surface area is 124 Å². The minimum absolute atomic E-state index is 0.475. The molecule has 0 amide bonds. The molecule has 6 nitrogen and oxygen atoms in total. The Morgan fingerprint density at radius 2 is 2.00 bits per heavy atom. The zero-order chi connectivity index (χ0) is 15.1. The molecular formula is C15H23N3O3. The van der Waals surface area contributed by atoms with Gasteiger partial charge in [0.05, 0.1) is 24.1 Å². The standard InChI is InChI=1S/C15H23N3O3/c1-11-9-16-10-12(17-11)18-6-3-15(4-7-18)13(19)14(2,20)5-8-21-15/h9-10,13,19-20H,3-8H2,1-2H3/t13-,14+/m0/s1. The molecule has 2 fully saturated rings. The molecule has 116 valence electrons. The summed E-state index contributed by atoms with van der Waals surface area (Å²) < 4.78 is 5.89. The highest BCUT2D eigenvalue weighted by Crippen LogP contribution is 2.40. The lowest BCUT2D eigenvalue weighted by Crippen LogP contribution is -2.64. The minimum Gasteiger partial charge on any atom is -0.387 e. The van der Waals surface area contributed by atoms with Crippen molar-refractivity contribution in [3.63, 3.8) is 0 Å². The van der Waals surface area contributed by atoms with Crippen molar-refractivity contribution in [3.05, 3.63) is 18.1 Å². The fourth-order valence-corrected chi connectivity index (χ4v) is 3.38. The lowest BCUT2D eigenvalue weighted by atomic mass is 9.75. The number of piperidine rings is 1. The van der Waals surface area contributed by atoms with E-state index in [1.165, 1.54) is 0 Å². The lowest BCUT2D eigenvalue weighted by Gasteiger charge is -2.51. The Morgan fingerprint density at radius 3 is 2.67 bits per heavy atom. The van der Waals surface area contributed by atoms with E-state index in [4.69, 9.17) is 4.74 Å². The SMILES string of the molecule is Cc1cncc(N2CCC3(CC2)OCC[C@@](C)(O)[C@@H]3O)n1. The average molecular weight is 293 g/mol. The van der Waals surface area contributed by atoms with Gasteiger partial charge in [0.15, 0.2) is 0 Å². The van der Waals surface area contributed by atoms with Gasteiger partial charge in [0, 0.05) is 25.7 Å². The van der Waals surface area contributed by atoms with Gasteiger partial charge in [0.1, 0.15) is 17.5 Å². The molecule has 6 heteroatoms. The van der Waals surface area contributed by atoms with Crippen molar-refractivity contribution in [2.45, 2.75) is 50.4 Å². The van der Waals surface area contributed by atoms with Crippen LogP contribution in [-0.2, 0) is 4.74 Å². The molecule has 1 aromatic rings. The van der Waals surface area contributed by atoms with E-state index in [1.54, 1.807) is 19.3 Å². The van der Waals surface area contributed by atoms with Crippen molar-refractivity contribution < 1.29 is 14.9 Å². The van der Waals surface area contributed by atoms with Crippen molar-refractivity contribution in [3.8, 4) is 0 Å². The van der Waals surface area contributed by atoms with Crippen LogP contribution in [0.4, 0.5) is 5.82 Å². The molecule has 2 N–H and O–H groups in total. The van der Waals surface area contributed by atoms with Gasteiger partial charge in [-0.2, -0.15) is 0 Å². The first-order valence-corrected chi connectivity index (χ1v) is 7.51. The fraction of sp³-hybridized carbons (Fsp3) is 0.733. The molecule has 0 radical (unpaired) electrons. The molecule has 0 aliphatic carbocycles. The third kappa shape index (κ3) is 2.63. The summed E-state index contributed by atoms with van der Waals surface area (Å²) in [6, 6.07) is 0. The van der Waals surface area contributed by atoms with Crippen LogP contribution in [0.5, 0.6) is 0 Å². The summed E-state index contributed by atoms with van der Waals surface area (Å²) in [4.78, 5) is 10.8. The van der Waals surface area contributed by atoms with Crippen LogP contribution in [0.1, 0.15) is 31.9 Å². The summed E-state index contributed by atoms with van der Waals surface area (Å²) in [7, 11) is 0. The molecule has 2 aliphatic heterocycles. The van der Waals surface area contributed by atoms with E-state index < -0.39 is 17.3 Å². The van der Waals surface area contributed by atoms with Gasteiger partial charge in [-0.25, -0.2) is 4.98 Å². The van der Waals surface area contributed by atoms with Crippen molar-refractivity contribution >= 4 is 5.82 Å². The van der Waals surface area contributed by atoms with E-state index in [9.17, 15) is 10.2 Å². The van der Waals surface area contributed by atoms with Crippen molar-refractivity contribution in [1.29, 1.82) is 0 Å². The van der Waals surface area contributed by atoms with Crippen LogP contribution in [-0.4, -0.2) is 57.2 Å². The molecule has 2 aliphatic rings. The maximum atomic E-state index is 10.5. The number of aryl methyl sites for hydroxylation is 1. The average Bonchev–Trinajstić information content (AvgIpc) is 2.46. The largest absolute Gasteiger partial charge is 0.387 e. The second kappa shape index (κ2) is 5.19. The van der Waals surface area contributed by atoms with Gasteiger partial charge in [-0.15, -0.1) is 0 Å². The van der Waals surface area contributed by atoms with Crippen LogP contribution >= 0.6 is 0 Å². The van der Waals surface area contributed by atoms with Crippen LogP contribution < -0.4 is 4.90 Å². The number of aliphatic hydroxyl groups excluding tert-OH is 1. The summed E-state index contributed by atoms with van der Waals surface area (Å²) in [5.41, 5.74) is -0.802. The molecule has 3 rings (SSSR count). The van der Waals surface area contributed by atoms with Crippen LogP contribution in [0, 0.1) is 6.92 Å². The Balaban J connectivity index is 1.72. The number of hydrogen-bond acceptors (Lipinski definition) is 6. The first-order valence-electron chi connectivity index (χ1n) is 7.51. The Bertz CT molecular complexity index is 513. The Hall–Kier alpha value is -1.24. The second-order valence-electron chi connectivity index (χ2n) is 6.43. The predicted octanol–water partition coefficient (Wildman–Crippen LogP) is 0.656. The smallest absolute Gasteiger partial charge is 0.147 e. The van der Waals surface area contributed by atoms with Gasteiger partial charge in [0.25, 0.3) is 0 Å². The normalized spacial score (nSPS) is 32.4. The molecule has 2 saturated heterocycles. The summed E-state index contributed by atoms with van der Waals surface area (Å²) in [6.07, 6.45) is 4.49. The third-order valence-electron chi connectivity index (χ3n) is 4.76. The third-order valence-corrected chi connectivity index (χ3v) is 4.76. The molecule has 3 heterocycles. The second-order valence-corrected chi connectivity index (χ2v) is 6.43. The quantitative estimate of drug-likeness (QED) is 0.792. The van der Waals surface area contributed by atoms with Gasteiger partial charge in [-0.3, -0.25) is 4.98 Å². The van der Waals surface area contributed by atoms with Crippen LogP contribution in [0.2, 0.25) is 0 Å². The number of aliphatic hydroxyl groups is 2. The first kappa shape index (κ1) is 14.7. The summed E-state index contributed by atoms with van der Waals surface area (Å²) in [6.45, 7) is 5.60. The summed E-state index contributed by atoms with van der Waals surface area (Å²) in [5.74, 6) is 0.863. The van der Waals surface area contributed by atoms with Gasteiger partial charge >= 0.3 is 0 Å². The number of nitrogens with zero attached hydrogens (tertiary/aromatic N) is 3. The van der Waals surface area contributed by atoms with Crippen LogP contribution in [0.15, 0.2) is 12.4 Å². The summed E-state index contributed by atoms with van der Waals surface area (Å²) >= 11 is 0. The number of ether oxygens (including phenoxy) is 1. The van der Waals surface area contributed by atoms with Gasteiger partial charge in [-0.05, 0) is 26.7 Å². The molecule has 1 spiro atoms. The number of anilines is 1. The number of rotatable bonds is 1. The van der Waals surface area contributed by atoms with Crippen molar-refractivity contribution in [2.75, 3.05) is 24.6 Å². The lowest BCUT2D eigenvalue weighted by molar-refractivity contribution is -0.239. The van der Waals surface area contributed by atoms with E-state index in [1.807, 2.05) is 6.92 Å². The molecule has 1 aromatic heterocycles. The highest BCUT2D eigenvalue weighted by molar-refractivity contribution is 5.37. The van der Waals surface area contributed by atoms with E-state index in [2.05, 4.69) is 14.9 Å². The predicted molar refractivity (Wildman–Crippen MR) is 78.1 cm³/mol.